The Hall–Kier alpha value is -1.07. The molecule has 56 valence electrons. The first-order valence-corrected chi connectivity index (χ1v) is 3.39. The number of nitrogens with zero attached hydrogens (tertiary/aromatic N) is 1. The fraction of sp³-hybridized carbons (Fsp3) is 0.125. The van der Waals surface area contributed by atoms with Gasteiger partial charge in [-0.15, -0.1) is 0 Å². The Kier molecular flexibility index (Phi) is 2.45. The van der Waals surface area contributed by atoms with Crippen LogP contribution in [0, 0.1) is 11.3 Å². The quantitative estimate of drug-likeness (QED) is 0.634. The van der Waals surface area contributed by atoms with Crippen molar-refractivity contribution >= 4 is 11.6 Å². The minimum Gasteiger partial charge on any atom is -0.246 e. The van der Waals surface area contributed by atoms with Crippen molar-refractivity contribution in [2.45, 2.75) is 6.67 Å². The molecule has 0 saturated heterocycles. The summed E-state index contributed by atoms with van der Waals surface area (Å²) in [6.45, 7) is -0.588. The Labute approximate surface area is 69.0 Å². The van der Waals surface area contributed by atoms with Gasteiger partial charge in [-0.1, -0.05) is 11.6 Å². The highest BCUT2D eigenvalue weighted by molar-refractivity contribution is 6.30. The van der Waals surface area contributed by atoms with Gasteiger partial charge in [0.25, 0.3) is 0 Å². The standard InChI is InChI=1S/C8H5ClFN/c9-8-2-6(4-10)1-7(3-8)5-11/h1-3H,4H2. The van der Waals surface area contributed by atoms with E-state index in [2.05, 4.69) is 0 Å². The molecule has 0 aromatic heterocycles. The molecule has 1 aromatic rings. The first-order valence-electron chi connectivity index (χ1n) is 3.02. The van der Waals surface area contributed by atoms with Crippen LogP contribution in [0.25, 0.3) is 0 Å². The minimum absolute atomic E-state index is 0.394. The summed E-state index contributed by atoms with van der Waals surface area (Å²) in [5.74, 6) is 0. The second-order valence-electron chi connectivity index (χ2n) is 2.09. The summed E-state index contributed by atoms with van der Waals surface area (Å²) in [4.78, 5) is 0. The number of alkyl halides is 1. The van der Waals surface area contributed by atoms with Gasteiger partial charge in [0.2, 0.25) is 0 Å². The summed E-state index contributed by atoms with van der Waals surface area (Å²) in [5.41, 5.74) is 0.833. The van der Waals surface area contributed by atoms with E-state index in [1.165, 1.54) is 18.2 Å². The average molecular weight is 170 g/mol. The number of halogens is 2. The molecule has 0 radical (unpaired) electrons. The first kappa shape index (κ1) is 8.03. The van der Waals surface area contributed by atoms with E-state index in [1.807, 2.05) is 6.07 Å². The third-order valence-electron chi connectivity index (χ3n) is 1.24. The fourth-order valence-electron chi connectivity index (χ4n) is 0.792. The lowest BCUT2D eigenvalue weighted by Gasteiger charge is -1.95. The number of hydrogen-bond donors (Lipinski definition) is 0. The van der Waals surface area contributed by atoms with Crippen molar-refractivity contribution in [1.29, 1.82) is 5.26 Å². The molecule has 0 spiro atoms. The van der Waals surface area contributed by atoms with E-state index in [4.69, 9.17) is 16.9 Å². The van der Waals surface area contributed by atoms with E-state index in [9.17, 15) is 4.39 Å². The predicted molar refractivity (Wildman–Crippen MR) is 41.0 cm³/mol. The van der Waals surface area contributed by atoms with E-state index in [0.717, 1.165) is 0 Å². The molecule has 0 atom stereocenters. The zero-order chi connectivity index (χ0) is 8.27. The zero-order valence-corrected chi connectivity index (χ0v) is 6.40. The Morgan fingerprint density at radius 2 is 2.18 bits per heavy atom. The fourth-order valence-corrected chi connectivity index (χ4v) is 1.05. The van der Waals surface area contributed by atoms with Gasteiger partial charge in [0.1, 0.15) is 6.67 Å². The predicted octanol–water partition coefficient (Wildman–Crippen LogP) is 2.68. The average Bonchev–Trinajstić information content (AvgIpc) is 2.03. The molecule has 0 aliphatic heterocycles. The van der Waals surface area contributed by atoms with Crippen LogP contribution >= 0.6 is 11.6 Å². The molecule has 11 heavy (non-hydrogen) atoms. The lowest BCUT2D eigenvalue weighted by molar-refractivity contribution is 0.485. The zero-order valence-electron chi connectivity index (χ0n) is 5.64. The highest BCUT2D eigenvalue weighted by atomic mass is 35.5. The molecule has 1 rings (SSSR count). The van der Waals surface area contributed by atoms with Crippen molar-refractivity contribution < 1.29 is 4.39 Å². The lowest BCUT2D eigenvalue weighted by Crippen LogP contribution is -1.81. The number of hydrogen-bond acceptors (Lipinski definition) is 1. The summed E-state index contributed by atoms with van der Waals surface area (Å²) in [6.07, 6.45) is 0. The lowest BCUT2D eigenvalue weighted by atomic mass is 10.1. The first-order chi connectivity index (χ1) is 5.26. The van der Waals surface area contributed by atoms with Gasteiger partial charge in [-0.25, -0.2) is 4.39 Å². The van der Waals surface area contributed by atoms with Gasteiger partial charge in [0.15, 0.2) is 0 Å². The highest BCUT2D eigenvalue weighted by Gasteiger charge is 1.97. The van der Waals surface area contributed by atoms with Gasteiger partial charge in [-0.2, -0.15) is 5.26 Å². The Bertz CT molecular complexity index is 303. The molecule has 1 aromatic carbocycles. The molecule has 0 heterocycles. The molecule has 0 bridgehead atoms. The van der Waals surface area contributed by atoms with Crippen molar-refractivity contribution in [3.05, 3.63) is 34.3 Å². The van der Waals surface area contributed by atoms with E-state index < -0.39 is 6.67 Å². The monoisotopic (exact) mass is 169 g/mol. The number of rotatable bonds is 1. The van der Waals surface area contributed by atoms with Crippen LogP contribution in [-0.2, 0) is 6.67 Å². The van der Waals surface area contributed by atoms with Gasteiger partial charge in [0, 0.05) is 5.02 Å². The van der Waals surface area contributed by atoms with E-state index in [0.29, 0.717) is 16.1 Å². The molecule has 0 aliphatic carbocycles. The van der Waals surface area contributed by atoms with Crippen LogP contribution in [0.15, 0.2) is 18.2 Å². The Balaban J connectivity index is 3.15. The van der Waals surface area contributed by atoms with Gasteiger partial charge in [0.05, 0.1) is 11.6 Å². The van der Waals surface area contributed by atoms with Gasteiger partial charge >= 0.3 is 0 Å². The summed E-state index contributed by atoms with van der Waals surface area (Å²) in [5, 5.41) is 8.85. The maximum Gasteiger partial charge on any atom is 0.115 e. The summed E-state index contributed by atoms with van der Waals surface area (Å²) < 4.78 is 12.1. The SMILES string of the molecule is N#Cc1cc(Cl)cc(CF)c1. The van der Waals surface area contributed by atoms with Crippen LogP contribution < -0.4 is 0 Å². The van der Waals surface area contributed by atoms with Crippen molar-refractivity contribution in [1.82, 2.24) is 0 Å². The molecule has 0 saturated carbocycles. The van der Waals surface area contributed by atoms with E-state index in [1.54, 1.807) is 0 Å². The number of benzene rings is 1. The molecule has 3 heteroatoms. The molecule has 0 amide bonds. The largest absolute Gasteiger partial charge is 0.246 e. The van der Waals surface area contributed by atoms with Crippen molar-refractivity contribution in [3.8, 4) is 6.07 Å². The molecule has 1 nitrogen and oxygen atoms in total. The highest BCUT2D eigenvalue weighted by Crippen LogP contribution is 2.15. The minimum atomic E-state index is -0.588. The third-order valence-corrected chi connectivity index (χ3v) is 1.46. The van der Waals surface area contributed by atoms with Crippen LogP contribution in [0.5, 0.6) is 0 Å². The van der Waals surface area contributed by atoms with Crippen molar-refractivity contribution in [2.24, 2.45) is 0 Å². The van der Waals surface area contributed by atoms with Crippen molar-refractivity contribution in [2.75, 3.05) is 0 Å². The van der Waals surface area contributed by atoms with Gasteiger partial charge < -0.3 is 0 Å². The maximum atomic E-state index is 12.1. The number of nitriles is 1. The van der Waals surface area contributed by atoms with Crippen LogP contribution in [0.3, 0.4) is 0 Å². The topological polar surface area (TPSA) is 23.8 Å². The van der Waals surface area contributed by atoms with Crippen LogP contribution in [0.4, 0.5) is 4.39 Å². The molecule has 0 unspecified atom stereocenters. The summed E-state index contributed by atoms with van der Waals surface area (Å²) >= 11 is 5.59. The van der Waals surface area contributed by atoms with Crippen LogP contribution in [0.1, 0.15) is 11.1 Å². The summed E-state index contributed by atoms with van der Waals surface area (Å²) in [6, 6.07) is 6.37. The Morgan fingerprint density at radius 1 is 1.45 bits per heavy atom. The molecular formula is C8H5ClFN. The maximum absolute atomic E-state index is 12.1. The molecule has 0 fully saturated rings. The molecule has 0 N–H and O–H groups in total. The smallest absolute Gasteiger partial charge is 0.115 e. The third kappa shape index (κ3) is 1.92. The molecular weight excluding hydrogens is 165 g/mol. The van der Waals surface area contributed by atoms with Crippen LogP contribution in [-0.4, -0.2) is 0 Å². The second-order valence-corrected chi connectivity index (χ2v) is 2.53. The van der Waals surface area contributed by atoms with E-state index in [-0.39, 0.29) is 0 Å². The van der Waals surface area contributed by atoms with Crippen LogP contribution in [0.2, 0.25) is 5.02 Å². The van der Waals surface area contributed by atoms with Gasteiger partial charge in [-0.3, -0.25) is 0 Å². The summed E-state index contributed by atoms with van der Waals surface area (Å²) in [7, 11) is 0. The van der Waals surface area contributed by atoms with E-state index >= 15 is 0 Å². The molecule has 0 aliphatic rings. The van der Waals surface area contributed by atoms with Crippen molar-refractivity contribution in [3.63, 3.8) is 0 Å². The Morgan fingerprint density at radius 3 is 2.73 bits per heavy atom. The normalized spacial score (nSPS) is 9.18. The van der Waals surface area contributed by atoms with Gasteiger partial charge in [-0.05, 0) is 23.8 Å². The second kappa shape index (κ2) is 3.36.